The number of benzene rings is 2. The molecule has 0 saturated heterocycles. The molecule has 2 aromatic rings. The molecule has 2 atom stereocenters. The summed E-state index contributed by atoms with van der Waals surface area (Å²) in [5, 5.41) is 23.3. The minimum Gasteiger partial charge on any atom is -0.368 e. The number of hydrogen-bond acceptors (Lipinski definition) is 5. The van der Waals surface area contributed by atoms with E-state index in [-0.39, 0.29) is 18.7 Å². The number of rotatable bonds is 10. The molecule has 0 spiro atoms. The van der Waals surface area contributed by atoms with E-state index in [4.69, 9.17) is 5.73 Å². The van der Waals surface area contributed by atoms with Crippen LogP contribution in [0.25, 0.3) is 0 Å². The van der Waals surface area contributed by atoms with Crippen LogP contribution in [0, 0.1) is 0 Å². The van der Waals surface area contributed by atoms with Gasteiger partial charge in [-0.1, -0.05) is 60.7 Å². The van der Waals surface area contributed by atoms with Crippen molar-refractivity contribution in [3.63, 3.8) is 0 Å². The number of carbonyl (C=O) groups excluding carboxylic acids is 3. The summed E-state index contributed by atoms with van der Waals surface area (Å²) in [5.74, 6) is -2.17. The van der Waals surface area contributed by atoms with Crippen LogP contribution in [0.2, 0.25) is 0 Å². The third-order valence-electron chi connectivity index (χ3n) is 4.32. The van der Waals surface area contributed by atoms with Crippen molar-refractivity contribution in [2.45, 2.75) is 37.6 Å². The maximum atomic E-state index is 12.6. The number of carbonyl (C=O) groups is 3. The Hall–Kier alpha value is -3.23. The summed E-state index contributed by atoms with van der Waals surface area (Å²) in [4.78, 5) is 36.4. The van der Waals surface area contributed by atoms with Gasteiger partial charge in [-0.2, -0.15) is 0 Å². The number of aliphatic hydroxyl groups excluding tert-OH is 1. The number of nitrogens with one attached hydrogen (secondary N) is 2. The molecule has 0 bridgehead atoms. The zero-order chi connectivity index (χ0) is 21.2. The average Bonchev–Trinajstić information content (AvgIpc) is 2.71. The minimum absolute atomic E-state index is 0.163. The van der Waals surface area contributed by atoms with Gasteiger partial charge in [-0.25, -0.2) is 0 Å². The Balaban J connectivity index is 2.06. The highest BCUT2D eigenvalue weighted by atomic mass is 16.5. The lowest BCUT2D eigenvalue weighted by Crippen LogP contribution is -2.57. The minimum atomic E-state index is -2.15. The van der Waals surface area contributed by atoms with Crippen molar-refractivity contribution in [3.05, 3.63) is 71.8 Å². The van der Waals surface area contributed by atoms with Crippen molar-refractivity contribution in [3.8, 4) is 0 Å². The number of hydrogen-bond donors (Lipinski definition) is 5. The molecule has 0 unspecified atom stereocenters. The van der Waals surface area contributed by atoms with Gasteiger partial charge < -0.3 is 26.6 Å². The normalized spacial score (nSPS) is 12.8. The van der Waals surface area contributed by atoms with Crippen LogP contribution in [0.3, 0.4) is 0 Å². The van der Waals surface area contributed by atoms with Crippen molar-refractivity contribution in [2.75, 3.05) is 0 Å². The summed E-state index contributed by atoms with van der Waals surface area (Å²) < 4.78 is 0. The predicted octanol–water partition coefficient (Wildman–Crippen LogP) is -0.372. The van der Waals surface area contributed by atoms with E-state index >= 15 is 0 Å². The second kappa shape index (κ2) is 10.9. The molecule has 6 N–H and O–H groups in total. The van der Waals surface area contributed by atoms with Gasteiger partial charge in [-0.05, 0) is 17.5 Å². The Labute approximate surface area is 168 Å². The van der Waals surface area contributed by atoms with Gasteiger partial charge in [0.15, 0.2) is 12.3 Å². The molecule has 2 aromatic carbocycles. The van der Waals surface area contributed by atoms with Gasteiger partial charge in [0.25, 0.3) is 0 Å². The molecule has 8 heteroatoms. The van der Waals surface area contributed by atoms with E-state index in [1.54, 1.807) is 24.3 Å². The SMILES string of the molecule is NC(=O)[C@@H](NC(=O)[C@H](Cc1ccccc1)NC(=O)CCc1ccccc1)C(O)O. The van der Waals surface area contributed by atoms with Crippen LogP contribution in [0.5, 0.6) is 0 Å². The van der Waals surface area contributed by atoms with E-state index in [1.807, 2.05) is 36.4 Å². The first-order valence-electron chi connectivity index (χ1n) is 9.20. The maximum absolute atomic E-state index is 12.6. The molecule has 154 valence electrons. The summed E-state index contributed by atoms with van der Waals surface area (Å²) in [5.41, 5.74) is 6.87. The fraction of sp³-hybridized carbons (Fsp3) is 0.286. The van der Waals surface area contributed by atoms with Gasteiger partial charge in [0, 0.05) is 12.8 Å². The summed E-state index contributed by atoms with van der Waals surface area (Å²) in [6.07, 6.45) is -1.31. The molecule has 0 saturated carbocycles. The Kier molecular flexibility index (Phi) is 8.32. The molecule has 8 nitrogen and oxygen atoms in total. The Morgan fingerprint density at radius 3 is 1.93 bits per heavy atom. The maximum Gasteiger partial charge on any atom is 0.245 e. The molecule has 29 heavy (non-hydrogen) atoms. The van der Waals surface area contributed by atoms with E-state index < -0.39 is 30.2 Å². The van der Waals surface area contributed by atoms with Crippen molar-refractivity contribution < 1.29 is 24.6 Å². The third kappa shape index (κ3) is 7.36. The average molecular weight is 399 g/mol. The van der Waals surface area contributed by atoms with Gasteiger partial charge in [0.1, 0.15) is 6.04 Å². The zero-order valence-corrected chi connectivity index (χ0v) is 15.8. The topological polar surface area (TPSA) is 142 Å². The molecule has 0 aliphatic rings. The fourth-order valence-electron chi connectivity index (χ4n) is 2.77. The third-order valence-corrected chi connectivity index (χ3v) is 4.32. The summed E-state index contributed by atoms with van der Waals surface area (Å²) in [6, 6.07) is 15.8. The first-order chi connectivity index (χ1) is 13.9. The Bertz CT molecular complexity index is 812. The molecular formula is C21H25N3O5. The van der Waals surface area contributed by atoms with Crippen LogP contribution >= 0.6 is 0 Å². The molecule has 0 aliphatic heterocycles. The number of nitrogens with two attached hydrogens (primary N) is 1. The fourth-order valence-corrected chi connectivity index (χ4v) is 2.77. The lowest BCUT2D eigenvalue weighted by Gasteiger charge is -2.23. The van der Waals surface area contributed by atoms with E-state index in [0.29, 0.717) is 6.42 Å². The van der Waals surface area contributed by atoms with Gasteiger partial charge in [-0.15, -0.1) is 0 Å². The van der Waals surface area contributed by atoms with Gasteiger partial charge in [0.05, 0.1) is 0 Å². The zero-order valence-electron chi connectivity index (χ0n) is 15.8. The molecule has 0 heterocycles. The molecule has 0 aromatic heterocycles. The number of primary amides is 1. The van der Waals surface area contributed by atoms with E-state index in [2.05, 4.69) is 10.6 Å². The smallest absolute Gasteiger partial charge is 0.245 e. The van der Waals surface area contributed by atoms with Crippen LogP contribution in [-0.4, -0.2) is 46.3 Å². The molecular weight excluding hydrogens is 374 g/mol. The summed E-state index contributed by atoms with van der Waals surface area (Å²) in [7, 11) is 0. The van der Waals surface area contributed by atoms with E-state index in [9.17, 15) is 24.6 Å². The van der Waals surface area contributed by atoms with Crippen molar-refractivity contribution in [1.29, 1.82) is 0 Å². The largest absolute Gasteiger partial charge is 0.368 e. The van der Waals surface area contributed by atoms with E-state index in [1.165, 1.54) is 0 Å². The van der Waals surface area contributed by atoms with Crippen molar-refractivity contribution in [1.82, 2.24) is 10.6 Å². The van der Waals surface area contributed by atoms with Gasteiger partial charge >= 0.3 is 0 Å². The first-order valence-corrected chi connectivity index (χ1v) is 9.20. The lowest BCUT2D eigenvalue weighted by atomic mass is 10.0. The molecule has 0 aliphatic carbocycles. The van der Waals surface area contributed by atoms with Crippen LogP contribution in [0.4, 0.5) is 0 Å². The van der Waals surface area contributed by atoms with Crippen LogP contribution in [-0.2, 0) is 27.2 Å². The predicted molar refractivity (Wildman–Crippen MR) is 106 cm³/mol. The standard InChI is InChI=1S/C21H25N3O5/c22-19(26)18(21(28)29)24-20(27)16(13-15-9-5-2-6-10-15)23-17(25)12-11-14-7-3-1-4-8-14/h1-10,16,18,21,28-29H,11-13H2,(H2,22,26)(H,23,25)(H,24,27)/t16-,18+/m0/s1. The monoisotopic (exact) mass is 399 g/mol. The highest BCUT2D eigenvalue weighted by Gasteiger charge is 2.29. The van der Waals surface area contributed by atoms with Crippen molar-refractivity contribution in [2.24, 2.45) is 5.73 Å². The highest BCUT2D eigenvalue weighted by Crippen LogP contribution is 2.06. The van der Waals surface area contributed by atoms with Crippen LogP contribution in [0.15, 0.2) is 60.7 Å². The quantitative estimate of drug-likeness (QED) is 0.347. The second-order valence-corrected chi connectivity index (χ2v) is 6.60. The van der Waals surface area contributed by atoms with Crippen LogP contribution < -0.4 is 16.4 Å². The second-order valence-electron chi connectivity index (χ2n) is 6.60. The number of amides is 3. The highest BCUT2D eigenvalue weighted by molar-refractivity contribution is 5.92. The van der Waals surface area contributed by atoms with E-state index in [0.717, 1.165) is 11.1 Å². The molecule has 0 fully saturated rings. The first kappa shape index (κ1) is 22.1. The molecule has 0 radical (unpaired) electrons. The Morgan fingerprint density at radius 2 is 1.41 bits per heavy atom. The lowest BCUT2D eigenvalue weighted by molar-refractivity contribution is -0.140. The molecule has 3 amide bonds. The van der Waals surface area contributed by atoms with Crippen molar-refractivity contribution >= 4 is 17.7 Å². The summed E-state index contributed by atoms with van der Waals surface area (Å²) in [6.45, 7) is 0. The molecule has 2 rings (SSSR count). The number of aliphatic hydroxyl groups is 2. The van der Waals surface area contributed by atoms with Crippen LogP contribution in [0.1, 0.15) is 17.5 Å². The number of aryl methyl sites for hydroxylation is 1. The van der Waals surface area contributed by atoms with Gasteiger partial charge in [-0.3, -0.25) is 14.4 Å². The Morgan fingerprint density at radius 1 is 0.862 bits per heavy atom. The van der Waals surface area contributed by atoms with Gasteiger partial charge in [0.2, 0.25) is 17.7 Å². The summed E-state index contributed by atoms with van der Waals surface area (Å²) >= 11 is 0.